The Hall–Kier alpha value is -5.53. The maximum atomic E-state index is 14.5. The smallest absolute Gasteiger partial charge is 0.291 e. The van der Waals surface area contributed by atoms with E-state index in [2.05, 4.69) is 35.8 Å². The maximum Gasteiger partial charge on any atom is 0.291 e. The van der Waals surface area contributed by atoms with E-state index in [1.807, 2.05) is 49.9 Å². The van der Waals surface area contributed by atoms with E-state index in [4.69, 9.17) is 21.1 Å². The fourth-order valence-electron chi connectivity index (χ4n) is 5.93. The highest BCUT2D eigenvalue weighted by Gasteiger charge is 2.25. The van der Waals surface area contributed by atoms with Crippen LogP contribution in [0, 0.1) is 12.7 Å². The van der Waals surface area contributed by atoms with Crippen molar-refractivity contribution in [2.45, 2.75) is 26.4 Å². The first kappa shape index (κ1) is 34.3. The Kier molecular flexibility index (Phi) is 9.98. The molecule has 3 aromatic heterocycles. The number of halogens is 2. The predicted molar refractivity (Wildman–Crippen MR) is 190 cm³/mol. The normalized spacial score (nSPS) is 12.6. The maximum absolute atomic E-state index is 14.5. The summed E-state index contributed by atoms with van der Waals surface area (Å²) < 4.78 is 26.9. The summed E-state index contributed by atoms with van der Waals surface area (Å²) in [7, 11) is 6.71. The number of amides is 2. The molecule has 2 amide bonds. The summed E-state index contributed by atoms with van der Waals surface area (Å²) in [6, 6.07) is 13.9. The van der Waals surface area contributed by atoms with Crippen molar-refractivity contribution in [3.05, 3.63) is 106 Å². The molecule has 0 fully saturated rings. The molecule has 2 aromatic carbocycles. The molecule has 14 heteroatoms. The third-order valence-electron chi connectivity index (χ3n) is 8.68. The Labute approximate surface area is 293 Å². The molecule has 5 aromatic rings. The van der Waals surface area contributed by atoms with Crippen LogP contribution in [0.15, 0.2) is 60.9 Å². The summed E-state index contributed by atoms with van der Waals surface area (Å²) in [5.74, 6) is -0.831. The molecule has 0 bridgehead atoms. The van der Waals surface area contributed by atoms with Crippen molar-refractivity contribution >= 4 is 40.5 Å². The van der Waals surface area contributed by atoms with Gasteiger partial charge in [0, 0.05) is 74.1 Å². The topological polar surface area (TPSA) is 136 Å². The first-order valence-electron chi connectivity index (χ1n) is 15.8. The second kappa shape index (κ2) is 14.5. The number of rotatable bonds is 10. The van der Waals surface area contributed by atoms with E-state index in [9.17, 15) is 14.0 Å². The minimum atomic E-state index is -0.621. The highest BCUT2D eigenvalue weighted by Crippen LogP contribution is 2.38. The average molecular weight is 699 g/mol. The molecule has 3 N–H and O–H groups in total. The number of fused-ring (bicyclic) bond motifs is 1. The summed E-state index contributed by atoms with van der Waals surface area (Å²) in [6.07, 6.45) is 3.75. The van der Waals surface area contributed by atoms with Crippen LogP contribution < -0.4 is 25.4 Å². The van der Waals surface area contributed by atoms with Crippen LogP contribution in [0.1, 0.15) is 43.6 Å². The first-order valence-corrected chi connectivity index (χ1v) is 16.2. The summed E-state index contributed by atoms with van der Waals surface area (Å²) in [5, 5.41) is 9.21. The van der Waals surface area contributed by atoms with Crippen molar-refractivity contribution in [2.24, 2.45) is 7.05 Å². The predicted octanol–water partition coefficient (Wildman–Crippen LogP) is 6.10. The minimum Gasteiger partial charge on any atom is -0.496 e. The van der Waals surface area contributed by atoms with Gasteiger partial charge < -0.3 is 34.9 Å². The van der Waals surface area contributed by atoms with Gasteiger partial charge in [-0.3, -0.25) is 14.6 Å². The van der Waals surface area contributed by atoms with Gasteiger partial charge in [-0.25, -0.2) is 9.97 Å². The molecule has 0 radical (unpaired) electrons. The molecule has 0 unspecified atom stereocenters. The largest absolute Gasteiger partial charge is 0.496 e. The number of ether oxygens (including phenoxy) is 2. The number of hydrogen-bond donors (Lipinski definition) is 3. The average Bonchev–Trinajstić information content (AvgIpc) is 3.44. The van der Waals surface area contributed by atoms with Crippen molar-refractivity contribution < 1.29 is 23.5 Å². The van der Waals surface area contributed by atoms with Gasteiger partial charge in [-0.15, -0.1) is 0 Å². The van der Waals surface area contributed by atoms with E-state index in [-0.39, 0.29) is 29.7 Å². The van der Waals surface area contributed by atoms with E-state index < -0.39 is 11.7 Å². The van der Waals surface area contributed by atoms with Gasteiger partial charge >= 0.3 is 0 Å². The number of imidazole rings is 1. The van der Waals surface area contributed by atoms with Crippen molar-refractivity contribution in [1.29, 1.82) is 0 Å². The summed E-state index contributed by atoms with van der Waals surface area (Å²) in [4.78, 5) is 41.7. The zero-order chi connectivity index (χ0) is 35.5. The van der Waals surface area contributed by atoms with E-state index in [1.165, 1.54) is 38.7 Å². The van der Waals surface area contributed by atoms with E-state index in [0.29, 0.717) is 45.6 Å². The number of pyridine rings is 2. The molecule has 0 saturated heterocycles. The van der Waals surface area contributed by atoms with Gasteiger partial charge in [-0.2, -0.15) is 4.39 Å². The number of hydrogen-bond acceptors (Lipinski definition) is 9. The van der Waals surface area contributed by atoms with Crippen LogP contribution in [0.4, 0.5) is 21.5 Å². The Morgan fingerprint density at radius 3 is 2.46 bits per heavy atom. The lowest BCUT2D eigenvalue weighted by atomic mass is 9.98. The summed E-state index contributed by atoms with van der Waals surface area (Å²) >= 11 is 6.90. The lowest BCUT2D eigenvalue weighted by Gasteiger charge is -2.21. The number of carbonyl (C=O) groups excluding carboxylic acids is 2. The molecule has 0 saturated carbocycles. The molecule has 1 aliphatic heterocycles. The van der Waals surface area contributed by atoms with Crippen molar-refractivity contribution in [2.75, 3.05) is 43.8 Å². The second-order valence-electron chi connectivity index (χ2n) is 11.8. The zero-order valence-electron chi connectivity index (χ0n) is 28.2. The monoisotopic (exact) mass is 698 g/mol. The fourth-order valence-corrected chi connectivity index (χ4v) is 6.21. The number of nitrogens with zero attached hydrogens (tertiary/aromatic N) is 5. The van der Waals surface area contributed by atoms with Crippen LogP contribution in [0.2, 0.25) is 5.02 Å². The molecule has 0 atom stereocenters. The zero-order valence-corrected chi connectivity index (χ0v) is 29.0. The number of carbonyl (C=O) groups is 2. The number of anilines is 3. The Morgan fingerprint density at radius 2 is 1.70 bits per heavy atom. The molecule has 0 aliphatic carbocycles. The number of benzene rings is 2. The van der Waals surface area contributed by atoms with Crippen molar-refractivity contribution in [3.63, 3.8) is 0 Å². The number of nitrogens with one attached hydrogen (secondary N) is 3. The second-order valence-corrected chi connectivity index (χ2v) is 12.2. The lowest BCUT2D eigenvalue weighted by Crippen LogP contribution is -2.27. The molecule has 0 spiro atoms. The van der Waals surface area contributed by atoms with Crippen LogP contribution >= 0.6 is 11.6 Å². The molecular weight excluding hydrogens is 663 g/mol. The highest BCUT2D eigenvalue weighted by atomic mass is 35.5. The van der Waals surface area contributed by atoms with Gasteiger partial charge in [-0.05, 0) is 43.3 Å². The number of methoxy groups -OCH3 is 2. The van der Waals surface area contributed by atoms with Crippen molar-refractivity contribution in [3.8, 4) is 22.8 Å². The number of likely N-dealkylation sites (N-methyl/N-ethyl adjacent to an activating group) is 1. The highest BCUT2D eigenvalue weighted by molar-refractivity contribution is 6.36. The third-order valence-corrected chi connectivity index (χ3v) is 9.09. The molecule has 1 aliphatic rings. The van der Waals surface area contributed by atoms with Gasteiger partial charge in [0.1, 0.15) is 11.4 Å². The third kappa shape index (κ3) is 6.82. The quantitative estimate of drug-likeness (QED) is 0.158. The van der Waals surface area contributed by atoms with E-state index in [1.54, 1.807) is 12.1 Å². The van der Waals surface area contributed by atoms with Gasteiger partial charge in [-0.1, -0.05) is 35.9 Å². The first-order chi connectivity index (χ1) is 24.1. The lowest BCUT2D eigenvalue weighted by molar-refractivity contribution is 0.100. The van der Waals surface area contributed by atoms with Gasteiger partial charge in [0.05, 0.1) is 36.3 Å². The Morgan fingerprint density at radius 1 is 0.960 bits per heavy atom. The van der Waals surface area contributed by atoms with E-state index >= 15 is 0 Å². The van der Waals surface area contributed by atoms with Crippen LogP contribution in [-0.2, 0) is 26.6 Å². The van der Waals surface area contributed by atoms with E-state index in [0.717, 1.165) is 35.5 Å². The molecule has 50 heavy (non-hydrogen) atoms. The minimum absolute atomic E-state index is 0.123. The van der Waals surface area contributed by atoms with Crippen LogP contribution in [-0.4, -0.2) is 64.0 Å². The number of aromatic nitrogens is 4. The van der Waals surface area contributed by atoms with Crippen LogP contribution in [0.3, 0.4) is 0 Å². The Bertz CT molecular complexity index is 2100. The standard InChI is InChI=1S/C36H36ClFN8O4/c1-20-22(23-9-7-11-25(31(23)37)44-35(48)33-42-28-19-45(2)15-13-29(28)46(33)3)8-6-10-24(20)43-34(47)27-16-30(49-4)21(18-41-27)17-40-26-12-14-39-36(50-5)32(26)38/h6-12,14,16,18H,13,15,17,19H2,1-5H3,(H,39,40)(H,43,47)(H,44,48). The van der Waals surface area contributed by atoms with Gasteiger partial charge in [0.15, 0.2) is 5.82 Å². The molecule has 4 heterocycles. The van der Waals surface area contributed by atoms with Crippen molar-refractivity contribution in [1.82, 2.24) is 24.4 Å². The molecule has 258 valence electrons. The van der Waals surface area contributed by atoms with Gasteiger partial charge in [0.2, 0.25) is 5.82 Å². The Balaban J connectivity index is 1.18. The molecule has 12 nitrogen and oxygen atoms in total. The summed E-state index contributed by atoms with van der Waals surface area (Å²) in [5.41, 5.74) is 6.09. The molecule has 6 rings (SSSR count). The van der Waals surface area contributed by atoms with Gasteiger partial charge in [0.25, 0.3) is 17.7 Å². The van der Waals surface area contributed by atoms with Crippen LogP contribution in [0.25, 0.3) is 11.1 Å². The molecular formula is C36H36ClFN8O4. The fraction of sp³-hybridized carbons (Fsp3) is 0.250. The van der Waals surface area contributed by atoms with Crippen LogP contribution in [0.5, 0.6) is 11.6 Å². The summed E-state index contributed by atoms with van der Waals surface area (Å²) in [6.45, 7) is 3.64. The SMILES string of the molecule is COc1cc(C(=O)Nc2cccc(-c3cccc(NC(=O)c4nc5c(n4C)CCN(C)C5)c3Cl)c2C)ncc1CNc1ccnc(OC)c1F.